The van der Waals surface area contributed by atoms with Gasteiger partial charge in [-0.25, -0.2) is 0 Å². The monoisotopic (exact) mass is 361 g/mol. The number of azo groups is 1. The summed E-state index contributed by atoms with van der Waals surface area (Å²) >= 11 is 0. The molecule has 2 aromatic carbocycles. The molecule has 0 radical (unpaired) electrons. The summed E-state index contributed by atoms with van der Waals surface area (Å²) in [4.78, 5) is 0. The highest BCUT2D eigenvalue weighted by Crippen LogP contribution is 2.28. The van der Waals surface area contributed by atoms with Gasteiger partial charge in [-0.3, -0.25) is 0 Å². The third kappa shape index (κ3) is 5.07. The first-order chi connectivity index (χ1) is 13.2. The lowest BCUT2D eigenvalue weighted by molar-refractivity contribution is 0.340. The van der Waals surface area contributed by atoms with Crippen molar-refractivity contribution in [3.05, 3.63) is 83.2 Å². The summed E-state index contributed by atoms with van der Waals surface area (Å²) in [6, 6.07) is 15.4. The molecule has 0 heterocycles. The maximum Gasteiger partial charge on any atom is 0.119 e. The molecule has 0 atom stereocenters. The number of methoxy groups -OCH3 is 1. The lowest BCUT2D eigenvalue weighted by Crippen LogP contribution is -2.03. The van der Waals surface area contributed by atoms with Gasteiger partial charge in [0, 0.05) is 12.1 Å². The lowest BCUT2D eigenvalue weighted by atomic mass is 9.99. The van der Waals surface area contributed by atoms with Crippen LogP contribution in [-0.4, -0.2) is 13.7 Å². The topological polar surface area (TPSA) is 69.2 Å². The van der Waals surface area contributed by atoms with Gasteiger partial charge in [-0.05, 0) is 72.7 Å². The number of ether oxygens (including phenoxy) is 2. The van der Waals surface area contributed by atoms with E-state index in [-0.39, 0.29) is 0 Å². The quantitative estimate of drug-likeness (QED) is 0.701. The second-order valence-corrected chi connectivity index (χ2v) is 6.04. The minimum absolute atomic E-state index is 0.639. The van der Waals surface area contributed by atoms with Gasteiger partial charge in [-0.15, -0.1) is 0 Å². The molecule has 138 valence electrons. The molecule has 0 aliphatic heterocycles. The van der Waals surface area contributed by atoms with E-state index in [2.05, 4.69) is 16.3 Å². The van der Waals surface area contributed by atoms with Gasteiger partial charge in [0.1, 0.15) is 11.5 Å². The van der Waals surface area contributed by atoms with Crippen LogP contribution in [0.3, 0.4) is 0 Å². The van der Waals surface area contributed by atoms with Crippen LogP contribution in [0.15, 0.2) is 87.9 Å². The average Bonchev–Trinajstić information content (AvgIpc) is 2.69. The predicted molar refractivity (Wildman–Crippen MR) is 108 cm³/mol. The second kappa shape index (κ2) is 8.85. The molecular weight excluding hydrogens is 338 g/mol. The summed E-state index contributed by atoms with van der Waals surface area (Å²) in [6.45, 7) is 2.60. The van der Waals surface area contributed by atoms with E-state index in [1.54, 1.807) is 7.11 Å². The number of nitrogens with zero attached hydrogens (tertiary/aromatic N) is 2. The molecule has 1 aliphatic carbocycles. The summed E-state index contributed by atoms with van der Waals surface area (Å²) in [5.74, 6) is 1.65. The van der Waals surface area contributed by atoms with Gasteiger partial charge in [0.05, 0.1) is 25.1 Å². The third-order valence-corrected chi connectivity index (χ3v) is 4.06. The highest BCUT2D eigenvalue weighted by atomic mass is 16.5. The molecule has 0 spiro atoms. The normalized spacial score (nSPS) is 15.6. The van der Waals surface area contributed by atoms with Crippen molar-refractivity contribution in [1.82, 2.24) is 0 Å². The predicted octanol–water partition coefficient (Wildman–Crippen LogP) is 5.39. The zero-order chi connectivity index (χ0) is 19.1. The molecule has 0 amide bonds. The van der Waals surface area contributed by atoms with Gasteiger partial charge in [0.15, 0.2) is 0 Å². The van der Waals surface area contributed by atoms with Gasteiger partial charge in [0.25, 0.3) is 0 Å². The summed E-state index contributed by atoms with van der Waals surface area (Å²) in [7, 11) is 1.65. The van der Waals surface area contributed by atoms with Crippen LogP contribution in [0.1, 0.15) is 18.9 Å². The maximum absolute atomic E-state index is 6.01. The Morgan fingerprint density at radius 2 is 1.67 bits per heavy atom. The Labute approximate surface area is 159 Å². The molecule has 0 bridgehead atoms. The number of nitrogens with two attached hydrogens (primary N) is 1. The second-order valence-electron chi connectivity index (χ2n) is 6.04. The van der Waals surface area contributed by atoms with Crippen LogP contribution in [0.25, 0.3) is 6.08 Å². The van der Waals surface area contributed by atoms with Crippen LogP contribution >= 0.6 is 0 Å². The third-order valence-electron chi connectivity index (χ3n) is 4.06. The van der Waals surface area contributed by atoms with Crippen molar-refractivity contribution in [3.8, 4) is 11.5 Å². The minimum atomic E-state index is 0.639. The molecule has 0 unspecified atom stereocenters. The largest absolute Gasteiger partial charge is 0.497 e. The van der Waals surface area contributed by atoms with E-state index in [4.69, 9.17) is 15.2 Å². The van der Waals surface area contributed by atoms with E-state index in [0.717, 1.165) is 39.7 Å². The van der Waals surface area contributed by atoms with Crippen molar-refractivity contribution >= 4 is 11.8 Å². The Bertz CT molecular complexity index is 892. The fraction of sp³-hybridized carbons (Fsp3) is 0.182. The standard InChI is InChI=1S/C22H23N3O2/c1-3-27-21-11-7-19(8-12-21)24-25-22-13-6-18(23)15-17(22)14-16-4-9-20(26-2)10-5-16/h4-14H,3,15,23H2,1-2H3. The summed E-state index contributed by atoms with van der Waals surface area (Å²) in [5, 5.41) is 8.77. The van der Waals surface area contributed by atoms with Gasteiger partial charge >= 0.3 is 0 Å². The smallest absolute Gasteiger partial charge is 0.119 e. The van der Waals surface area contributed by atoms with Crippen LogP contribution in [0.5, 0.6) is 11.5 Å². The van der Waals surface area contributed by atoms with Crippen molar-refractivity contribution in [2.75, 3.05) is 13.7 Å². The van der Waals surface area contributed by atoms with Gasteiger partial charge < -0.3 is 15.2 Å². The highest BCUT2D eigenvalue weighted by Gasteiger charge is 2.11. The van der Waals surface area contributed by atoms with E-state index in [0.29, 0.717) is 13.0 Å². The maximum atomic E-state index is 6.01. The number of benzene rings is 2. The summed E-state index contributed by atoms with van der Waals surface area (Å²) in [5.41, 5.74) is 10.5. The molecule has 5 nitrogen and oxygen atoms in total. The van der Waals surface area contributed by atoms with Gasteiger partial charge in [0.2, 0.25) is 0 Å². The molecular formula is C22H23N3O2. The molecule has 0 saturated carbocycles. The average molecular weight is 361 g/mol. The SMILES string of the molecule is CCOc1ccc(N=NC2=CC=C(N)CC2=Cc2ccc(OC)cc2)cc1. The van der Waals surface area contributed by atoms with E-state index >= 15 is 0 Å². The molecule has 0 saturated heterocycles. The zero-order valence-corrected chi connectivity index (χ0v) is 15.6. The number of hydrogen-bond acceptors (Lipinski definition) is 5. The zero-order valence-electron chi connectivity index (χ0n) is 15.6. The van der Waals surface area contributed by atoms with Crippen LogP contribution in [0.4, 0.5) is 5.69 Å². The van der Waals surface area contributed by atoms with Crippen molar-refractivity contribution in [2.45, 2.75) is 13.3 Å². The molecule has 27 heavy (non-hydrogen) atoms. The number of allylic oxidation sites excluding steroid dienone is 4. The molecule has 1 aliphatic rings. The van der Waals surface area contributed by atoms with Crippen molar-refractivity contribution < 1.29 is 9.47 Å². The summed E-state index contributed by atoms with van der Waals surface area (Å²) in [6.07, 6.45) is 6.48. The molecule has 2 aromatic rings. The van der Waals surface area contributed by atoms with Crippen molar-refractivity contribution in [3.63, 3.8) is 0 Å². The molecule has 0 fully saturated rings. The van der Waals surface area contributed by atoms with Crippen LogP contribution in [0.2, 0.25) is 0 Å². The summed E-state index contributed by atoms with van der Waals surface area (Å²) < 4.78 is 10.6. The fourth-order valence-corrected chi connectivity index (χ4v) is 2.67. The van der Waals surface area contributed by atoms with Crippen LogP contribution in [-0.2, 0) is 0 Å². The Hall–Kier alpha value is -3.34. The molecule has 3 rings (SSSR count). The van der Waals surface area contributed by atoms with Crippen LogP contribution < -0.4 is 15.2 Å². The fourth-order valence-electron chi connectivity index (χ4n) is 2.67. The van der Waals surface area contributed by atoms with Gasteiger partial charge in [-0.2, -0.15) is 10.2 Å². The Balaban J connectivity index is 1.81. The first kappa shape index (κ1) is 18.5. The van der Waals surface area contributed by atoms with E-state index < -0.39 is 0 Å². The molecule has 5 heteroatoms. The Morgan fingerprint density at radius 3 is 2.33 bits per heavy atom. The van der Waals surface area contributed by atoms with Gasteiger partial charge in [-0.1, -0.05) is 12.1 Å². The first-order valence-electron chi connectivity index (χ1n) is 8.84. The highest BCUT2D eigenvalue weighted by molar-refractivity contribution is 5.61. The Kier molecular flexibility index (Phi) is 6.05. The van der Waals surface area contributed by atoms with Crippen molar-refractivity contribution in [1.29, 1.82) is 0 Å². The number of hydrogen-bond donors (Lipinski definition) is 1. The number of rotatable bonds is 6. The lowest BCUT2D eigenvalue weighted by Gasteiger charge is -2.12. The van der Waals surface area contributed by atoms with Crippen molar-refractivity contribution in [2.24, 2.45) is 16.0 Å². The van der Waals surface area contributed by atoms with Crippen LogP contribution in [0, 0.1) is 0 Å². The minimum Gasteiger partial charge on any atom is -0.497 e. The van der Waals surface area contributed by atoms with E-state index in [1.165, 1.54) is 0 Å². The Morgan fingerprint density at radius 1 is 0.963 bits per heavy atom. The van der Waals surface area contributed by atoms with E-state index in [9.17, 15) is 0 Å². The first-order valence-corrected chi connectivity index (χ1v) is 8.84. The molecule has 0 aromatic heterocycles. The van der Waals surface area contributed by atoms with E-state index in [1.807, 2.05) is 67.6 Å². The molecule has 2 N–H and O–H groups in total.